The van der Waals surface area contributed by atoms with Crippen molar-refractivity contribution in [2.24, 2.45) is 5.14 Å². The molecule has 31 heavy (non-hydrogen) atoms. The lowest BCUT2D eigenvalue weighted by atomic mass is 9.90. The van der Waals surface area contributed by atoms with Gasteiger partial charge in [0.05, 0.1) is 21.8 Å². The molecule has 162 valence electrons. The summed E-state index contributed by atoms with van der Waals surface area (Å²) in [4.78, 5) is 39.7. The number of carbonyl (C=O) groups is 3. The number of sulfonamides is 1. The normalized spacial score (nSPS) is 17.2. The summed E-state index contributed by atoms with van der Waals surface area (Å²) in [6, 6.07) is 11.9. The maximum Gasteiger partial charge on any atom is 0.338 e. The average Bonchev–Trinajstić information content (AvgIpc) is 3.22. The third-order valence-electron chi connectivity index (χ3n) is 5.67. The molecule has 9 nitrogen and oxygen atoms in total. The lowest BCUT2D eigenvalue weighted by Gasteiger charge is -2.44. The van der Waals surface area contributed by atoms with Crippen LogP contribution in [0, 0.1) is 0 Å². The minimum Gasteiger partial charge on any atom is -0.452 e. The van der Waals surface area contributed by atoms with Crippen LogP contribution in [0.15, 0.2) is 53.4 Å². The Hall–Kier alpha value is -3.24. The van der Waals surface area contributed by atoms with Gasteiger partial charge in [-0.05, 0) is 49.2 Å². The number of ether oxygens (including phenoxy) is 1. The Kier molecular flexibility index (Phi) is 5.28. The number of nitrogens with one attached hydrogen (secondary N) is 1. The molecule has 4 rings (SSSR count). The molecule has 1 heterocycles. The topological polar surface area (TPSA) is 136 Å². The molecule has 1 fully saturated rings. The first-order chi connectivity index (χ1) is 14.7. The fourth-order valence-corrected chi connectivity index (χ4v) is 4.70. The van der Waals surface area contributed by atoms with Gasteiger partial charge in [0.25, 0.3) is 11.8 Å². The van der Waals surface area contributed by atoms with Gasteiger partial charge >= 0.3 is 5.97 Å². The number of para-hydroxylation sites is 2. The number of amides is 2. The van der Waals surface area contributed by atoms with Gasteiger partial charge in [-0.2, -0.15) is 0 Å². The van der Waals surface area contributed by atoms with E-state index in [9.17, 15) is 22.8 Å². The molecule has 0 unspecified atom stereocenters. The van der Waals surface area contributed by atoms with Crippen LogP contribution in [0.5, 0.6) is 0 Å². The van der Waals surface area contributed by atoms with Crippen LogP contribution in [-0.4, -0.2) is 38.3 Å². The minimum absolute atomic E-state index is 0.0765. The van der Waals surface area contributed by atoms with Crippen LogP contribution in [0.1, 0.15) is 36.0 Å². The summed E-state index contributed by atoms with van der Waals surface area (Å²) in [5, 5.41) is 7.93. The van der Waals surface area contributed by atoms with E-state index in [-0.39, 0.29) is 16.4 Å². The monoisotopic (exact) mass is 443 g/mol. The predicted octanol–water partition coefficient (Wildman–Crippen LogP) is 1.79. The van der Waals surface area contributed by atoms with E-state index in [4.69, 9.17) is 9.88 Å². The van der Waals surface area contributed by atoms with Crippen LogP contribution >= 0.6 is 0 Å². The van der Waals surface area contributed by atoms with E-state index in [1.165, 1.54) is 29.2 Å². The summed E-state index contributed by atoms with van der Waals surface area (Å²) < 4.78 is 27.8. The molecule has 0 radical (unpaired) electrons. The average molecular weight is 443 g/mol. The van der Waals surface area contributed by atoms with Gasteiger partial charge in [0.1, 0.15) is 5.54 Å². The number of rotatable bonds is 4. The highest BCUT2D eigenvalue weighted by atomic mass is 32.2. The zero-order valence-corrected chi connectivity index (χ0v) is 17.4. The predicted molar refractivity (Wildman–Crippen MR) is 112 cm³/mol. The van der Waals surface area contributed by atoms with Crippen LogP contribution in [0.3, 0.4) is 0 Å². The molecule has 1 saturated carbocycles. The smallest absolute Gasteiger partial charge is 0.338 e. The minimum atomic E-state index is -3.88. The molecule has 1 aliphatic heterocycles. The Bertz CT molecular complexity index is 1150. The summed E-state index contributed by atoms with van der Waals surface area (Å²) >= 11 is 0. The highest BCUT2D eigenvalue weighted by Crippen LogP contribution is 2.45. The summed E-state index contributed by atoms with van der Waals surface area (Å²) in [7, 11) is -3.88. The Balaban J connectivity index is 1.54. The van der Waals surface area contributed by atoms with Gasteiger partial charge in [0.15, 0.2) is 6.61 Å². The number of esters is 1. The maximum absolute atomic E-state index is 13.2. The number of nitrogens with zero attached hydrogens (tertiary/aromatic N) is 1. The Labute approximate surface area is 179 Å². The molecule has 0 bridgehead atoms. The van der Waals surface area contributed by atoms with Crippen molar-refractivity contribution in [3.05, 3.63) is 54.1 Å². The molecule has 3 N–H and O–H groups in total. The number of nitrogens with two attached hydrogens (primary N) is 1. The molecule has 2 aromatic rings. The van der Waals surface area contributed by atoms with E-state index in [1.807, 2.05) is 0 Å². The standard InChI is InChI=1S/C21H21N3O6S/c22-31(28,29)15-9-7-14(8-10-15)19(26)30-13-18(25)24-17-6-2-1-5-16(17)23-20(27)21(24)11-3-4-12-21/h1-2,5-10H,3-4,11-13H2,(H,23,27)(H2,22,28,29). The largest absolute Gasteiger partial charge is 0.452 e. The number of hydrogen-bond acceptors (Lipinski definition) is 6. The lowest BCUT2D eigenvalue weighted by molar-refractivity contribution is -0.129. The zero-order chi connectivity index (χ0) is 22.2. The van der Waals surface area contributed by atoms with Gasteiger partial charge in [-0.25, -0.2) is 18.4 Å². The van der Waals surface area contributed by atoms with Crippen molar-refractivity contribution in [1.82, 2.24) is 0 Å². The van der Waals surface area contributed by atoms with Crippen LogP contribution in [0.25, 0.3) is 0 Å². The van der Waals surface area contributed by atoms with E-state index in [1.54, 1.807) is 24.3 Å². The molecule has 0 atom stereocenters. The number of benzene rings is 2. The second kappa shape index (κ2) is 7.78. The molecular weight excluding hydrogens is 422 g/mol. The number of fused-ring (bicyclic) bond motifs is 1. The molecule has 1 spiro atoms. The highest BCUT2D eigenvalue weighted by Gasteiger charge is 2.52. The van der Waals surface area contributed by atoms with E-state index in [0.29, 0.717) is 24.2 Å². The third-order valence-corrected chi connectivity index (χ3v) is 6.60. The van der Waals surface area contributed by atoms with E-state index >= 15 is 0 Å². The summed E-state index contributed by atoms with van der Waals surface area (Å²) in [5.74, 6) is -1.52. The lowest BCUT2D eigenvalue weighted by Crippen LogP contribution is -2.61. The zero-order valence-electron chi connectivity index (χ0n) is 16.5. The first-order valence-electron chi connectivity index (χ1n) is 9.76. The third kappa shape index (κ3) is 3.79. The summed E-state index contributed by atoms with van der Waals surface area (Å²) in [6.07, 6.45) is 2.69. The first kappa shape index (κ1) is 21.0. The van der Waals surface area contributed by atoms with Crippen molar-refractivity contribution in [2.75, 3.05) is 16.8 Å². The quantitative estimate of drug-likeness (QED) is 0.692. The Morgan fingerprint density at radius 1 is 1.06 bits per heavy atom. The van der Waals surface area contributed by atoms with E-state index < -0.39 is 34.0 Å². The summed E-state index contributed by atoms with van der Waals surface area (Å²) in [6.45, 7) is -0.556. The van der Waals surface area contributed by atoms with Gasteiger partial charge < -0.3 is 10.1 Å². The molecule has 0 aromatic heterocycles. The molecule has 2 aromatic carbocycles. The fraction of sp³-hybridized carbons (Fsp3) is 0.286. The number of carbonyl (C=O) groups excluding carboxylic acids is 3. The van der Waals surface area contributed by atoms with E-state index in [0.717, 1.165) is 12.8 Å². The maximum atomic E-state index is 13.2. The number of primary sulfonamides is 1. The SMILES string of the molecule is NS(=O)(=O)c1ccc(C(=O)OCC(=O)N2c3ccccc3NC(=O)C23CCCC3)cc1. The van der Waals surface area contributed by atoms with Crippen molar-refractivity contribution in [3.8, 4) is 0 Å². The van der Waals surface area contributed by atoms with Crippen molar-refractivity contribution in [2.45, 2.75) is 36.1 Å². The van der Waals surface area contributed by atoms with E-state index in [2.05, 4.69) is 5.32 Å². The summed E-state index contributed by atoms with van der Waals surface area (Å²) in [5.41, 5.74) is 0.188. The van der Waals surface area contributed by atoms with Crippen molar-refractivity contribution >= 4 is 39.2 Å². The molecule has 10 heteroatoms. The molecule has 0 saturated heterocycles. The first-order valence-corrected chi connectivity index (χ1v) is 11.3. The molecule has 2 amide bonds. The van der Waals surface area contributed by atoms with Gasteiger partial charge in [-0.1, -0.05) is 25.0 Å². The van der Waals surface area contributed by atoms with Crippen LogP contribution in [0.4, 0.5) is 11.4 Å². The molecule has 2 aliphatic rings. The van der Waals surface area contributed by atoms with Gasteiger partial charge in [0, 0.05) is 0 Å². The second-order valence-electron chi connectivity index (χ2n) is 7.58. The highest BCUT2D eigenvalue weighted by molar-refractivity contribution is 7.89. The number of anilines is 2. The number of hydrogen-bond donors (Lipinski definition) is 2. The van der Waals surface area contributed by atoms with Crippen molar-refractivity contribution in [1.29, 1.82) is 0 Å². The van der Waals surface area contributed by atoms with Crippen LogP contribution in [-0.2, 0) is 24.3 Å². The molecular formula is C21H21N3O6S. The Morgan fingerprint density at radius 3 is 2.35 bits per heavy atom. The van der Waals surface area contributed by atoms with Crippen LogP contribution < -0.4 is 15.4 Å². The van der Waals surface area contributed by atoms with Gasteiger partial charge in [-0.15, -0.1) is 0 Å². The molecule has 1 aliphatic carbocycles. The fourth-order valence-electron chi connectivity index (χ4n) is 4.18. The Morgan fingerprint density at radius 2 is 1.71 bits per heavy atom. The van der Waals surface area contributed by atoms with Crippen molar-refractivity contribution in [3.63, 3.8) is 0 Å². The second-order valence-corrected chi connectivity index (χ2v) is 9.15. The van der Waals surface area contributed by atoms with Crippen LogP contribution in [0.2, 0.25) is 0 Å². The van der Waals surface area contributed by atoms with Gasteiger partial charge in [-0.3, -0.25) is 14.5 Å². The van der Waals surface area contributed by atoms with Gasteiger partial charge in [0.2, 0.25) is 10.0 Å². The van der Waals surface area contributed by atoms with Crippen molar-refractivity contribution < 1.29 is 27.5 Å².